The summed E-state index contributed by atoms with van der Waals surface area (Å²) in [5.41, 5.74) is 2.58. The first-order valence-electron chi connectivity index (χ1n) is 20.3. The van der Waals surface area contributed by atoms with Crippen molar-refractivity contribution in [3.8, 4) is 0 Å². The minimum absolute atomic E-state index is 0.0472. The van der Waals surface area contributed by atoms with Gasteiger partial charge in [-0.15, -0.1) is 0 Å². The van der Waals surface area contributed by atoms with E-state index >= 15 is 0 Å². The second kappa shape index (κ2) is 14.0. The minimum Gasteiger partial charge on any atom is -0.372 e. The molecule has 1 aliphatic heterocycles. The third-order valence-electron chi connectivity index (χ3n) is 13.5. The summed E-state index contributed by atoms with van der Waals surface area (Å²) in [6, 6.07) is 7.60. The summed E-state index contributed by atoms with van der Waals surface area (Å²) in [4.78, 5) is 46.2. The van der Waals surface area contributed by atoms with E-state index in [1.165, 1.54) is 12.8 Å². The number of ether oxygens (including phenoxy) is 1. The number of pyridine rings is 2. The number of carbonyl (C=O) groups is 2. The molecular formula is C41H52Cl2N8O3. The van der Waals surface area contributed by atoms with Crippen molar-refractivity contribution in [2.45, 2.75) is 141 Å². The van der Waals surface area contributed by atoms with Gasteiger partial charge in [-0.1, -0.05) is 37.0 Å². The smallest absolute Gasteiger partial charge is 0.229 e. The molecule has 288 valence electrons. The summed E-state index contributed by atoms with van der Waals surface area (Å²) in [7, 11) is 0. The molecule has 4 aliphatic carbocycles. The summed E-state index contributed by atoms with van der Waals surface area (Å²) in [6.07, 6.45) is 14.3. The second-order valence-electron chi connectivity index (χ2n) is 18.1. The van der Waals surface area contributed by atoms with E-state index in [0.717, 1.165) is 87.6 Å². The maximum Gasteiger partial charge on any atom is 0.229 e. The van der Waals surface area contributed by atoms with E-state index in [4.69, 9.17) is 42.9 Å². The van der Waals surface area contributed by atoms with Crippen LogP contribution < -0.4 is 10.6 Å². The van der Waals surface area contributed by atoms with Crippen molar-refractivity contribution >= 4 is 69.2 Å². The summed E-state index contributed by atoms with van der Waals surface area (Å²) in [6.45, 7) is 6.89. The number of imidazole rings is 2. The highest BCUT2D eigenvalue weighted by Crippen LogP contribution is 2.55. The molecule has 13 heteroatoms. The normalized spacial score (nSPS) is 32.4. The fourth-order valence-electron chi connectivity index (χ4n) is 11.4. The van der Waals surface area contributed by atoms with E-state index < -0.39 is 0 Å². The third-order valence-corrected chi connectivity index (χ3v) is 13.9. The topological polar surface area (TPSA) is 129 Å². The van der Waals surface area contributed by atoms with Crippen LogP contribution in [0, 0.1) is 29.1 Å². The van der Waals surface area contributed by atoms with Crippen LogP contribution in [-0.2, 0) is 14.3 Å². The van der Waals surface area contributed by atoms with E-state index in [0.29, 0.717) is 57.7 Å². The molecule has 1 saturated heterocycles. The maximum absolute atomic E-state index is 13.9. The molecule has 4 saturated carbocycles. The lowest BCUT2D eigenvalue weighted by atomic mass is 9.55. The Labute approximate surface area is 326 Å². The van der Waals surface area contributed by atoms with Crippen LogP contribution in [0.4, 0.5) is 11.9 Å². The number of carbonyl (C=O) groups excluding carboxylic acids is 2. The molecule has 11 nitrogen and oxygen atoms in total. The van der Waals surface area contributed by atoms with Gasteiger partial charge in [0.1, 0.15) is 21.3 Å². The molecule has 6 unspecified atom stereocenters. The lowest BCUT2D eigenvalue weighted by Gasteiger charge is -2.49. The SMILES string of the molecule is CC1CC2CC(C)CC(CC(=O)Nc3nc4ccc(Cl)nc4n3C3CCC3CC3(C)CCC(CC(=O)Nc4nc5ccc(Cl)nc5n4C4CCC4)O3)(C1)C2. The second-order valence-corrected chi connectivity index (χ2v) is 18.9. The van der Waals surface area contributed by atoms with Gasteiger partial charge in [0.25, 0.3) is 0 Å². The summed E-state index contributed by atoms with van der Waals surface area (Å²) < 4.78 is 10.9. The lowest BCUT2D eigenvalue weighted by molar-refractivity contribution is -0.122. The Morgan fingerprint density at radius 2 is 1.44 bits per heavy atom. The predicted molar refractivity (Wildman–Crippen MR) is 211 cm³/mol. The van der Waals surface area contributed by atoms with Crippen molar-refractivity contribution in [3.63, 3.8) is 0 Å². The molecule has 54 heavy (non-hydrogen) atoms. The number of nitrogens with one attached hydrogen (secondary N) is 2. The largest absolute Gasteiger partial charge is 0.372 e. The molecule has 9 rings (SSSR count). The maximum atomic E-state index is 13.9. The van der Waals surface area contributed by atoms with E-state index in [1.807, 2.05) is 16.7 Å². The Bertz CT molecular complexity index is 2080. The van der Waals surface area contributed by atoms with Crippen molar-refractivity contribution in [1.29, 1.82) is 0 Å². The summed E-state index contributed by atoms with van der Waals surface area (Å²) >= 11 is 12.7. The van der Waals surface area contributed by atoms with Crippen molar-refractivity contribution in [3.05, 3.63) is 34.6 Å². The number of hydrogen-bond acceptors (Lipinski definition) is 7. The highest BCUT2D eigenvalue weighted by Gasteiger charge is 2.47. The molecule has 2 bridgehead atoms. The standard InChI is InChI=1S/C41H52Cl2N8O3/c1-23-15-25-16-24(2)19-41(18-23,20-25)22-35(53)49-39-45-30-9-12-33(43)47-37(30)51(39)31-10-7-26(31)21-40(3)14-13-28(54-40)17-34(52)48-38-44-29-8-11-32(42)46-36(29)50(38)27-5-4-6-27/h8-9,11-12,23-28,31H,4-7,10,13-22H2,1-3H3,(H,44,48,52)(H,45,49,53). The van der Waals surface area contributed by atoms with Gasteiger partial charge < -0.3 is 4.74 Å². The van der Waals surface area contributed by atoms with Gasteiger partial charge in [-0.3, -0.25) is 29.4 Å². The molecule has 0 aromatic carbocycles. The zero-order valence-electron chi connectivity index (χ0n) is 31.6. The predicted octanol–water partition coefficient (Wildman–Crippen LogP) is 9.70. The summed E-state index contributed by atoms with van der Waals surface area (Å²) in [5, 5.41) is 7.19. The van der Waals surface area contributed by atoms with Gasteiger partial charge in [0.15, 0.2) is 11.3 Å². The van der Waals surface area contributed by atoms with Gasteiger partial charge in [-0.2, -0.15) is 0 Å². The Hall–Kier alpha value is -3.28. The van der Waals surface area contributed by atoms with E-state index in [2.05, 4.69) is 41.0 Å². The number of fused-ring (bicyclic) bond motifs is 4. The molecule has 4 aromatic heterocycles. The minimum atomic E-state index is -0.371. The van der Waals surface area contributed by atoms with Gasteiger partial charge in [0.05, 0.1) is 18.1 Å². The molecule has 5 heterocycles. The van der Waals surface area contributed by atoms with Crippen molar-refractivity contribution in [2.24, 2.45) is 29.1 Å². The third kappa shape index (κ3) is 7.02. The molecule has 0 radical (unpaired) electrons. The number of rotatable bonds is 10. The van der Waals surface area contributed by atoms with Crippen LogP contribution in [0.1, 0.15) is 129 Å². The lowest BCUT2D eigenvalue weighted by Crippen LogP contribution is -2.41. The van der Waals surface area contributed by atoms with E-state index in [9.17, 15) is 9.59 Å². The summed E-state index contributed by atoms with van der Waals surface area (Å²) in [5.74, 6) is 3.37. The van der Waals surface area contributed by atoms with Crippen LogP contribution in [0.25, 0.3) is 22.3 Å². The number of aromatic nitrogens is 6. The van der Waals surface area contributed by atoms with Crippen molar-refractivity contribution in [2.75, 3.05) is 10.6 Å². The van der Waals surface area contributed by atoms with Crippen LogP contribution in [0.15, 0.2) is 24.3 Å². The molecule has 0 spiro atoms. The fraction of sp³-hybridized carbons (Fsp3) is 0.659. The molecule has 2 N–H and O–H groups in total. The van der Waals surface area contributed by atoms with Crippen molar-refractivity contribution in [1.82, 2.24) is 29.1 Å². The number of hydrogen-bond donors (Lipinski definition) is 2. The average molecular weight is 776 g/mol. The van der Waals surface area contributed by atoms with Crippen LogP contribution >= 0.6 is 23.2 Å². The van der Waals surface area contributed by atoms with Crippen LogP contribution in [-0.4, -0.2) is 52.6 Å². The molecule has 5 fully saturated rings. The molecule has 4 aromatic rings. The van der Waals surface area contributed by atoms with E-state index in [1.54, 1.807) is 12.1 Å². The number of amides is 2. The molecule has 2 amide bonds. The Morgan fingerprint density at radius 3 is 2.06 bits per heavy atom. The van der Waals surface area contributed by atoms with Gasteiger partial charge in [0, 0.05) is 18.5 Å². The van der Waals surface area contributed by atoms with Gasteiger partial charge in [-0.05, 0) is 144 Å². The monoisotopic (exact) mass is 774 g/mol. The highest BCUT2D eigenvalue weighted by atomic mass is 35.5. The first-order chi connectivity index (χ1) is 25.9. The Morgan fingerprint density at radius 1 is 0.815 bits per heavy atom. The van der Waals surface area contributed by atoms with Crippen LogP contribution in [0.5, 0.6) is 0 Å². The molecule has 6 atom stereocenters. The first kappa shape index (κ1) is 36.4. The fourth-order valence-corrected chi connectivity index (χ4v) is 11.7. The number of nitrogens with zero attached hydrogens (tertiary/aromatic N) is 6. The first-order valence-corrected chi connectivity index (χ1v) is 21.0. The Kier molecular flexibility index (Phi) is 9.45. The molecular weight excluding hydrogens is 723 g/mol. The quantitative estimate of drug-likeness (QED) is 0.154. The zero-order valence-corrected chi connectivity index (χ0v) is 33.1. The van der Waals surface area contributed by atoms with Gasteiger partial charge in [0.2, 0.25) is 23.7 Å². The van der Waals surface area contributed by atoms with E-state index in [-0.39, 0.29) is 47.4 Å². The number of halogens is 2. The van der Waals surface area contributed by atoms with Gasteiger partial charge >= 0.3 is 0 Å². The number of anilines is 2. The average Bonchev–Trinajstić information content (AvgIpc) is 3.70. The highest BCUT2D eigenvalue weighted by molar-refractivity contribution is 6.30. The molecule has 5 aliphatic rings. The zero-order chi connectivity index (χ0) is 37.4. The van der Waals surface area contributed by atoms with Crippen molar-refractivity contribution < 1.29 is 14.3 Å². The van der Waals surface area contributed by atoms with Crippen LogP contribution in [0.3, 0.4) is 0 Å². The van der Waals surface area contributed by atoms with Crippen LogP contribution in [0.2, 0.25) is 10.3 Å². The van der Waals surface area contributed by atoms with Gasteiger partial charge in [-0.25, -0.2) is 19.9 Å². The Balaban J connectivity index is 0.873.